The monoisotopic (exact) mass is 400 g/mol. The Morgan fingerprint density at radius 2 is 1.82 bits per heavy atom. The summed E-state index contributed by atoms with van der Waals surface area (Å²) in [5, 5.41) is 10.4. The topological polar surface area (TPSA) is 37.3 Å². The molecule has 0 spiro atoms. The van der Waals surface area contributed by atoms with E-state index in [-0.39, 0.29) is 12.5 Å². The summed E-state index contributed by atoms with van der Waals surface area (Å²) in [6, 6.07) is 5.12. The first-order valence-corrected chi connectivity index (χ1v) is 7.14. The van der Waals surface area contributed by atoms with Gasteiger partial charge in [0.05, 0.1) is 12.0 Å². The molecule has 1 saturated carbocycles. The molecular formula is C11H8Br2Cl2O2. The molecule has 1 aromatic rings. The molecule has 0 bridgehead atoms. The SMILES string of the molecule is O=CC1(CO)C(c2cc(Cl)cc(Cl)c2)C1(Br)Br. The van der Waals surface area contributed by atoms with Crippen molar-refractivity contribution in [2.75, 3.05) is 6.61 Å². The van der Waals surface area contributed by atoms with Crippen LogP contribution < -0.4 is 0 Å². The van der Waals surface area contributed by atoms with Crippen molar-refractivity contribution in [2.24, 2.45) is 5.41 Å². The van der Waals surface area contributed by atoms with Gasteiger partial charge in [0.25, 0.3) is 0 Å². The molecule has 1 N–H and O–H groups in total. The number of carbonyl (C=O) groups excluding carboxylic acids is 1. The van der Waals surface area contributed by atoms with Crippen LogP contribution in [0.5, 0.6) is 0 Å². The summed E-state index contributed by atoms with van der Waals surface area (Å²) in [4.78, 5) is 11.2. The van der Waals surface area contributed by atoms with E-state index in [1.54, 1.807) is 18.2 Å². The number of hydrogen-bond acceptors (Lipinski definition) is 2. The Hall–Kier alpha value is 0.390. The number of halogens is 4. The lowest BCUT2D eigenvalue weighted by Crippen LogP contribution is -2.15. The second kappa shape index (κ2) is 4.49. The molecule has 0 radical (unpaired) electrons. The lowest BCUT2D eigenvalue weighted by atomic mass is 10.0. The molecule has 0 heterocycles. The van der Waals surface area contributed by atoms with Crippen LogP contribution in [-0.2, 0) is 4.79 Å². The van der Waals surface area contributed by atoms with Crippen molar-refractivity contribution in [1.29, 1.82) is 0 Å². The predicted molar refractivity (Wildman–Crippen MR) is 75.4 cm³/mol. The average Bonchev–Trinajstić information content (AvgIpc) is 2.73. The predicted octanol–water partition coefficient (Wildman–Crippen LogP) is 3.75. The van der Waals surface area contributed by atoms with Crippen molar-refractivity contribution in [2.45, 2.75) is 9.15 Å². The summed E-state index contributed by atoms with van der Waals surface area (Å²) in [6.45, 7) is -0.248. The van der Waals surface area contributed by atoms with Crippen LogP contribution in [0.25, 0.3) is 0 Å². The Kier molecular flexibility index (Phi) is 3.65. The van der Waals surface area contributed by atoms with Gasteiger partial charge in [-0.1, -0.05) is 55.1 Å². The number of alkyl halides is 2. The first-order valence-electron chi connectivity index (χ1n) is 4.80. The molecule has 2 rings (SSSR count). The molecule has 1 aromatic carbocycles. The van der Waals surface area contributed by atoms with E-state index in [1.807, 2.05) is 0 Å². The van der Waals surface area contributed by atoms with Crippen LogP contribution >= 0.6 is 55.1 Å². The highest BCUT2D eigenvalue weighted by Crippen LogP contribution is 2.75. The van der Waals surface area contributed by atoms with Crippen molar-refractivity contribution in [3.8, 4) is 0 Å². The Morgan fingerprint density at radius 3 is 2.18 bits per heavy atom. The Balaban J connectivity index is 2.46. The minimum atomic E-state index is -0.874. The molecule has 1 aliphatic rings. The molecule has 17 heavy (non-hydrogen) atoms. The third-order valence-electron chi connectivity index (χ3n) is 3.11. The maximum Gasteiger partial charge on any atom is 0.131 e. The summed E-state index contributed by atoms with van der Waals surface area (Å²) in [5.74, 6) is -0.200. The van der Waals surface area contributed by atoms with Gasteiger partial charge in [0.15, 0.2) is 0 Å². The quantitative estimate of drug-likeness (QED) is 0.617. The molecule has 1 aliphatic carbocycles. The van der Waals surface area contributed by atoms with Crippen LogP contribution in [0.2, 0.25) is 10.0 Å². The van der Waals surface area contributed by atoms with Crippen LogP contribution in [0.4, 0.5) is 0 Å². The van der Waals surface area contributed by atoms with Gasteiger partial charge < -0.3 is 9.90 Å². The number of hydrogen-bond donors (Lipinski definition) is 1. The van der Waals surface area contributed by atoms with Crippen LogP contribution in [0.3, 0.4) is 0 Å². The fraction of sp³-hybridized carbons (Fsp3) is 0.364. The number of rotatable bonds is 3. The Bertz CT molecular complexity index is 458. The maximum atomic E-state index is 11.2. The van der Waals surface area contributed by atoms with E-state index < -0.39 is 8.65 Å². The average molecular weight is 403 g/mol. The van der Waals surface area contributed by atoms with Crippen molar-refractivity contribution < 1.29 is 9.90 Å². The van der Waals surface area contributed by atoms with Gasteiger partial charge in [-0.3, -0.25) is 0 Å². The Morgan fingerprint density at radius 1 is 1.29 bits per heavy atom. The third kappa shape index (κ3) is 1.98. The highest BCUT2D eigenvalue weighted by Gasteiger charge is 2.75. The van der Waals surface area contributed by atoms with E-state index in [0.717, 1.165) is 11.8 Å². The Labute approximate surface area is 126 Å². The van der Waals surface area contributed by atoms with E-state index in [4.69, 9.17) is 23.2 Å². The van der Waals surface area contributed by atoms with Crippen LogP contribution in [0, 0.1) is 5.41 Å². The summed E-state index contributed by atoms with van der Waals surface area (Å²) in [5.41, 5.74) is -0.0570. The summed E-state index contributed by atoms with van der Waals surface area (Å²) in [7, 11) is 0. The zero-order valence-electron chi connectivity index (χ0n) is 8.46. The minimum Gasteiger partial charge on any atom is -0.395 e. The van der Waals surface area contributed by atoms with Gasteiger partial charge in [0.1, 0.15) is 9.52 Å². The fourth-order valence-electron chi connectivity index (χ4n) is 2.11. The zero-order chi connectivity index (χ0) is 12.8. The number of aliphatic hydroxyl groups is 1. The molecule has 92 valence electrons. The molecular weight excluding hydrogens is 395 g/mol. The minimum absolute atomic E-state index is 0.200. The first-order chi connectivity index (χ1) is 7.89. The number of aldehydes is 1. The van der Waals surface area contributed by atoms with Gasteiger partial charge in [-0.25, -0.2) is 0 Å². The summed E-state index contributed by atoms with van der Waals surface area (Å²) >= 11 is 18.7. The normalized spacial score (nSPS) is 30.1. The van der Waals surface area contributed by atoms with Crippen LogP contribution in [0.1, 0.15) is 11.5 Å². The van der Waals surface area contributed by atoms with Gasteiger partial charge >= 0.3 is 0 Å². The lowest BCUT2D eigenvalue weighted by Gasteiger charge is -2.05. The van der Waals surface area contributed by atoms with Crippen LogP contribution in [-0.4, -0.2) is 21.2 Å². The second-order valence-corrected chi connectivity index (χ2v) is 8.51. The second-order valence-electron chi connectivity index (χ2n) is 4.08. The molecule has 0 aromatic heterocycles. The number of aliphatic hydroxyl groups excluding tert-OH is 1. The van der Waals surface area contributed by atoms with E-state index in [2.05, 4.69) is 31.9 Å². The lowest BCUT2D eigenvalue weighted by molar-refractivity contribution is -0.113. The van der Waals surface area contributed by atoms with Crippen molar-refractivity contribution in [3.63, 3.8) is 0 Å². The molecule has 2 atom stereocenters. The molecule has 0 saturated heterocycles. The van der Waals surface area contributed by atoms with E-state index in [9.17, 15) is 9.90 Å². The van der Waals surface area contributed by atoms with Gasteiger partial charge in [0, 0.05) is 16.0 Å². The molecule has 2 nitrogen and oxygen atoms in total. The number of benzene rings is 1. The van der Waals surface area contributed by atoms with E-state index in [1.165, 1.54) is 0 Å². The van der Waals surface area contributed by atoms with Crippen molar-refractivity contribution >= 4 is 61.3 Å². The number of carbonyl (C=O) groups is 1. The standard InChI is InChI=1S/C11H8Br2Cl2O2/c12-11(13)9(10(11,4-16)5-17)6-1-7(14)3-8(15)2-6/h1-4,9,17H,5H2. The van der Waals surface area contributed by atoms with Crippen molar-refractivity contribution in [1.82, 2.24) is 0 Å². The van der Waals surface area contributed by atoms with Gasteiger partial charge in [-0.2, -0.15) is 0 Å². The largest absolute Gasteiger partial charge is 0.395 e. The summed E-state index contributed by atoms with van der Waals surface area (Å²) < 4.78 is -0.641. The van der Waals surface area contributed by atoms with Gasteiger partial charge in [0.2, 0.25) is 0 Å². The smallest absolute Gasteiger partial charge is 0.131 e. The van der Waals surface area contributed by atoms with Crippen molar-refractivity contribution in [3.05, 3.63) is 33.8 Å². The maximum absolute atomic E-state index is 11.2. The highest BCUT2D eigenvalue weighted by atomic mass is 79.9. The van der Waals surface area contributed by atoms with Crippen LogP contribution in [0.15, 0.2) is 18.2 Å². The molecule has 0 aliphatic heterocycles. The van der Waals surface area contributed by atoms with E-state index >= 15 is 0 Å². The van der Waals surface area contributed by atoms with Gasteiger partial charge in [-0.05, 0) is 23.8 Å². The fourth-order valence-corrected chi connectivity index (χ4v) is 4.66. The molecule has 6 heteroatoms. The first kappa shape index (κ1) is 13.8. The molecule has 2 unspecified atom stereocenters. The molecule has 1 fully saturated rings. The highest BCUT2D eigenvalue weighted by molar-refractivity contribution is 9.25. The van der Waals surface area contributed by atoms with Gasteiger partial charge in [-0.15, -0.1) is 0 Å². The summed E-state index contributed by atoms with van der Waals surface area (Å²) in [6.07, 6.45) is 0.760. The molecule has 0 amide bonds. The van der Waals surface area contributed by atoms with E-state index in [0.29, 0.717) is 10.0 Å². The third-order valence-corrected chi connectivity index (χ3v) is 5.93. The zero-order valence-corrected chi connectivity index (χ0v) is 13.1.